The van der Waals surface area contributed by atoms with Gasteiger partial charge in [0.15, 0.2) is 0 Å². The monoisotopic (exact) mass is 298 g/mol. The quantitative estimate of drug-likeness (QED) is 0.754. The molecule has 7 heteroatoms. The summed E-state index contributed by atoms with van der Waals surface area (Å²) in [5.41, 5.74) is 5.60. The van der Waals surface area contributed by atoms with E-state index in [9.17, 15) is 8.42 Å². The topological polar surface area (TPSA) is 81.4 Å². The van der Waals surface area contributed by atoms with Gasteiger partial charge in [0, 0.05) is 19.2 Å². The largest absolute Gasteiger partial charge is 0.377 e. The highest BCUT2D eigenvalue weighted by Gasteiger charge is 2.33. The maximum atomic E-state index is 12.0. The molecule has 5 nitrogen and oxygen atoms in total. The van der Waals surface area contributed by atoms with Crippen molar-refractivity contribution in [3.8, 4) is 0 Å². The Hall–Kier alpha value is 0.120. The van der Waals surface area contributed by atoms with Gasteiger partial charge in [-0.2, -0.15) is 0 Å². The van der Waals surface area contributed by atoms with Gasteiger partial charge in [-0.1, -0.05) is 0 Å². The van der Waals surface area contributed by atoms with Crippen molar-refractivity contribution in [2.24, 2.45) is 11.7 Å². The number of ether oxygens (including phenoxy) is 1. The van der Waals surface area contributed by atoms with E-state index in [1.807, 2.05) is 0 Å². The summed E-state index contributed by atoms with van der Waals surface area (Å²) in [5.74, 6) is 0.526. The van der Waals surface area contributed by atoms with Crippen molar-refractivity contribution in [1.82, 2.24) is 4.72 Å². The average Bonchev–Trinajstić information content (AvgIpc) is 3.10. The summed E-state index contributed by atoms with van der Waals surface area (Å²) in [5, 5.41) is 0. The molecule has 1 aliphatic carbocycles. The van der Waals surface area contributed by atoms with E-state index in [1.165, 1.54) is 0 Å². The normalized spacial score (nSPS) is 26.4. The minimum atomic E-state index is -3.25. The summed E-state index contributed by atoms with van der Waals surface area (Å²) < 4.78 is 32.1. The molecule has 0 radical (unpaired) electrons. The summed E-state index contributed by atoms with van der Waals surface area (Å²) in [6.07, 6.45) is 4.98. The molecule has 1 heterocycles. The molecule has 18 heavy (non-hydrogen) atoms. The second kappa shape index (κ2) is 7.05. The summed E-state index contributed by atoms with van der Waals surface area (Å²) >= 11 is 0. The fourth-order valence-corrected chi connectivity index (χ4v) is 3.90. The Morgan fingerprint density at radius 3 is 2.50 bits per heavy atom. The number of rotatable bonds is 6. The van der Waals surface area contributed by atoms with E-state index in [-0.39, 0.29) is 30.3 Å². The first-order chi connectivity index (χ1) is 8.11. The lowest BCUT2D eigenvalue weighted by molar-refractivity contribution is 0.0303. The van der Waals surface area contributed by atoms with E-state index in [2.05, 4.69) is 4.72 Å². The molecule has 0 aromatic heterocycles. The van der Waals surface area contributed by atoms with Crippen LogP contribution in [-0.4, -0.2) is 39.5 Å². The first-order valence-corrected chi connectivity index (χ1v) is 8.07. The third-order valence-electron chi connectivity index (χ3n) is 3.46. The van der Waals surface area contributed by atoms with Crippen LogP contribution in [0.5, 0.6) is 0 Å². The van der Waals surface area contributed by atoms with Crippen molar-refractivity contribution < 1.29 is 13.2 Å². The van der Waals surface area contributed by atoms with Gasteiger partial charge in [0.1, 0.15) is 0 Å². The van der Waals surface area contributed by atoms with Gasteiger partial charge in [0.05, 0.1) is 11.9 Å². The standard InChI is InChI=1S/C11H22N2O3S.ClH/c12-7-11(9-4-5-9)13-17(14,15)8-10-3-1-2-6-16-10;/h9-11,13H,1-8,12H2;1H. The molecule has 0 bridgehead atoms. The highest BCUT2D eigenvalue weighted by Crippen LogP contribution is 2.32. The van der Waals surface area contributed by atoms with E-state index in [0.717, 1.165) is 32.1 Å². The van der Waals surface area contributed by atoms with Crippen LogP contribution in [0, 0.1) is 5.92 Å². The Balaban J connectivity index is 0.00000162. The first-order valence-electron chi connectivity index (χ1n) is 6.42. The predicted octanol–water partition coefficient (Wildman–Crippen LogP) is 0.634. The molecule has 2 atom stereocenters. The maximum Gasteiger partial charge on any atom is 0.214 e. The van der Waals surface area contributed by atoms with E-state index in [4.69, 9.17) is 10.5 Å². The molecule has 1 saturated heterocycles. The Morgan fingerprint density at radius 1 is 1.28 bits per heavy atom. The first kappa shape index (κ1) is 16.2. The molecule has 0 amide bonds. The Bertz CT molecular complexity index is 340. The molecule has 0 aromatic carbocycles. The van der Waals surface area contributed by atoms with E-state index in [0.29, 0.717) is 19.1 Å². The summed E-state index contributed by atoms with van der Waals surface area (Å²) in [6, 6.07) is -0.0800. The van der Waals surface area contributed by atoms with Crippen molar-refractivity contribution in [3.05, 3.63) is 0 Å². The summed E-state index contributed by atoms with van der Waals surface area (Å²) in [6.45, 7) is 1.07. The Labute approximate surface area is 115 Å². The number of nitrogens with two attached hydrogens (primary N) is 1. The van der Waals surface area contributed by atoms with Gasteiger partial charge in [0.2, 0.25) is 10.0 Å². The number of hydrogen-bond acceptors (Lipinski definition) is 4. The van der Waals surface area contributed by atoms with Crippen LogP contribution in [0.15, 0.2) is 0 Å². The average molecular weight is 299 g/mol. The third kappa shape index (κ3) is 5.01. The number of hydrogen-bond donors (Lipinski definition) is 2. The number of sulfonamides is 1. The van der Waals surface area contributed by atoms with Gasteiger partial charge in [-0.05, 0) is 38.0 Å². The van der Waals surface area contributed by atoms with Gasteiger partial charge in [0.25, 0.3) is 0 Å². The molecule has 1 saturated carbocycles. The van der Waals surface area contributed by atoms with Crippen LogP contribution >= 0.6 is 12.4 Å². The molecule has 3 N–H and O–H groups in total. The highest BCUT2D eigenvalue weighted by atomic mass is 35.5. The lowest BCUT2D eigenvalue weighted by Gasteiger charge is -2.24. The molecule has 0 spiro atoms. The van der Waals surface area contributed by atoms with Crippen LogP contribution in [0.2, 0.25) is 0 Å². The Morgan fingerprint density at radius 2 is 2.00 bits per heavy atom. The van der Waals surface area contributed by atoms with Gasteiger partial charge in [-0.15, -0.1) is 12.4 Å². The van der Waals surface area contributed by atoms with Crippen molar-refractivity contribution in [1.29, 1.82) is 0 Å². The third-order valence-corrected chi connectivity index (χ3v) is 4.93. The van der Waals surface area contributed by atoms with Crippen LogP contribution in [0.3, 0.4) is 0 Å². The van der Waals surface area contributed by atoms with Crippen LogP contribution < -0.4 is 10.5 Å². The summed E-state index contributed by atoms with van der Waals surface area (Å²) in [4.78, 5) is 0. The summed E-state index contributed by atoms with van der Waals surface area (Å²) in [7, 11) is -3.25. The van der Waals surface area contributed by atoms with Crippen LogP contribution in [0.4, 0.5) is 0 Å². The molecule has 0 aromatic rings. The molecule has 108 valence electrons. The van der Waals surface area contributed by atoms with Crippen molar-refractivity contribution >= 4 is 22.4 Å². The lowest BCUT2D eigenvalue weighted by atomic mass is 10.1. The molecular weight excluding hydrogens is 276 g/mol. The Kier molecular flexibility index (Phi) is 6.34. The smallest absolute Gasteiger partial charge is 0.214 e. The number of nitrogens with one attached hydrogen (secondary N) is 1. The maximum absolute atomic E-state index is 12.0. The SMILES string of the molecule is Cl.NCC(NS(=O)(=O)CC1CCCCO1)C1CC1. The van der Waals surface area contributed by atoms with Crippen LogP contribution in [-0.2, 0) is 14.8 Å². The second-order valence-electron chi connectivity index (χ2n) is 5.07. The molecule has 2 fully saturated rings. The fraction of sp³-hybridized carbons (Fsp3) is 1.00. The van der Waals surface area contributed by atoms with Gasteiger partial charge >= 0.3 is 0 Å². The zero-order chi connectivity index (χ0) is 12.3. The molecular formula is C11H23ClN2O3S. The van der Waals surface area contributed by atoms with Crippen LogP contribution in [0.1, 0.15) is 32.1 Å². The molecule has 1 aliphatic heterocycles. The highest BCUT2D eigenvalue weighted by molar-refractivity contribution is 7.89. The van der Waals surface area contributed by atoms with Crippen molar-refractivity contribution in [2.45, 2.75) is 44.2 Å². The van der Waals surface area contributed by atoms with Crippen molar-refractivity contribution in [2.75, 3.05) is 18.9 Å². The van der Waals surface area contributed by atoms with E-state index < -0.39 is 10.0 Å². The van der Waals surface area contributed by atoms with Gasteiger partial charge < -0.3 is 10.5 Å². The molecule has 2 aliphatic rings. The zero-order valence-corrected chi connectivity index (χ0v) is 12.1. The van der Waals surface area contributed by atoms with Gasteiger partial charge in [-0.3, -0.25) is 0 Å². The predicted molar refractivity (Wildman–Crippen MR) is 73.3 cm³/mol. The van der Waals surface area contributed by atoms with Crippen molar-refractivity contribution in [3.63, 3.8) is 0 Å². The number of halogens is 1. The minimum absolute atomic E-state index is 0. The van der Waals surface area contributed by atoms with Crippen LogP contribution in [0.25, 0.3) is 0 Å². The lowest BCUT2D eigenvalue weighted by Crippen LogP contribution is -2.45. The van der Waals surface area contributed by atoms with Gasteiger partial charge in [-0.25, -0.2) is 13.1 Å². The minimum Gasteiger partial charge on any atom is -0.377 e. The molecule has 2 unspecified atom stereocenters. The van der Waals surface area contributed by atoms with E-state index in [1.54, 1.807) is 0 Å². The zero-order valence-electron chi connectivity index (χ0n) is 10.5. The molecule has 2 rings (SSSR count). The second-order valence-corrected chi connectivity index (χ2v) is 6.87. The fourth-order valence-electron chi connectivity index (χ4n) is 2.30. The van der Waals surface area contributed by atoms with E-state index >= 15 is 0 Å².